The summed E-state index contributed by atoms with van der Waals surface area (Å²) >= 11 is 0. The molecule has 0 fully saturated rings. The Morgan fingerprint density at radius 1 is 0.900 bits per heavy atom. The van der Waals surface area contributed by atoms with Crippen LogP contribution in [0.1, 0.15) is 11.6 Å². The second kappa shape index (κ2) is 6.67. The molecule has 6 nitrogen and oxygen atoms in total. The third-order valence-corrected chi connectivity index (χ3v) is 3.44. The molecule has 2 aromatic heterocycles. The predicted molar refractivity (Wildman–Crippen MR) is 79.1 cm³/mol. The molecule has 6 heteroatoms. The standard InChI is InChI=1S/C14H24N6/c1-17(2)9-10-20(11-13-15-5-7-18(13)3)12-14-16-6-8-19(14)4/h5-8H,9-12H2,1-4H3. The lowest BCUT2D eigenvalue weighted by Gasteiger charge is -2.23. The fourth-order valence-electron chi connectivity index (χ4n) is 2.05. The fraction of sp³-hybridized carbons (Fsp3) is 0.571. The lowest BCUT2D eigenvalue weighted by Crippen LogP contribution is -2.32. The minimum Gasteiger partial charge on any atom is -0.337 e. The molecule has 0 saturated heterocycles. The molecule has 0 N–H and O–H groups in total. The van der Waals surface area contributed by atoms with E-state index in [2.05, 4.69) is 43.0 Å². The van der Waals surface area contributed by atoms with Gasteiger partial charge in [0.05, 0.1) is 13.1 Å². The molecule has 0 atom stereocenters. The van der Waals surface area contributed by atoms with Crippen LogP contribution in [-0.4, -0.2) is 56.1 Å². The van der Waals surface area contributed by atoms with Crippen molar-refractivity contribution in [2.75, 3.05) is 27.2 Å². The lowest BCUT2D eigenvalue weighted by molar-refractivity contribution is 0.213. The van der Waals surface area contributed by atoms with Crippen LogP contribution in [0, 0.1) is 0 Å². The number of rotatable bonds is 7. The second-order valence-corrected chi connectivity index (χ2v) is 5.42. The van der Waals surface area contributed by atoms with E-state index in [9.17, 15) is 0 Å². The maximum Gasteiger partial charge on any atom is 0.122 e. The van der Waals surface area contributed by atoms with Gasteiger partial charge in [-0.2, -0.15) is 0 Å². The fourth-order valence-corrected chi connectivity index (χ4v) is 2.05. The smallest absolute Gasteiger partial charge is 0.122 e. The highest BCUT2D eigenvalue weighted by Crippen LogP contribution is 2.07. The SMILES string of the molecule is CN(C)CCN(Cc1nccn1C)Cc1nccn1C. The summed E-state index contributed by atoms with van der Waals surface area (Å²) in [6.07, 6.45) is 7.67. The highest BCUT2D eigenvalue weighted by Gasteiger charge is 2.12. The normalized spacial score (nSPS) is 11.7. The molecular formula is C14H24N6. The van der Waals surface area contributed by atoms with Crippen LogP contribution in [0.25, 0.3) is 0 Å². The van der Waals surface area contributed by atoms with Gasteiger partial charge in [-0.05, 0) is 14.1 Å². The van der Waals surface area contributed by atoms with Crippen molar-refractivity contribution in [2.24, 2.45) is 14.1 Å². The number of aromatic nitrogens is 4. The van der Waals surface area contributed by atoms with Crippen molar-refractivity contribution in [3.8, 4) is 0 Å². The Morgan fingerprint density at radius 3 is 1.75 bits per heavy atom. The van der Waals surface area contributed by atoms with E-state index in [1.165, 1.54) is 0 Å². The maximum atomic E-state index is 4.41. The van der Waals surface area contributed by atoms with Gasteiger partial charge in [0.2, 0.25) is 0 Å². The number of nitrogens with zero attached hydrogens (tertiary/aromatic N) is 6. The Balaban J connectivity index is 2.04. The third kappa shape index (κ3) is 3.91. The zero-order valence-corrected chi connectivity index (χ0v) is 12.8. The van der Waals surface area contributed by atoms with Gasteiger partial charge >= 0.3 is 0 Å². The van der Waals surface area contributed by atoms with E-state index in [0.29, 0.717) is 0 Å². The van der Waals surface area contributed by atoms with Crippen molar-refractivity contribution >= 4 is 0 Å². The van der Waals surface area contributed by atoms with Crippen LogP contribution in [0.15, 0.2) is 24.8 Å². The molecule has 20 heavy (non-hydrogen) atoms. The molecule has 0 aliphatic heterocycles. The summed E-state index contributed by atoms with van der Waals surface area (Å²) in [6, 6.07) is 0. The molecule has 0 radical (unpaired) electrons. The van der Waals surface area contributed by atoms with E-state index in [0.717, 1.165) is 37.8 Å². The number of hydrogen-bond acceptors (Lipinski definition) is 4. The summed E-state index contributed by atoms with van der Waals surface area (Å²) in [5, 5.41) is 0. The largest absolute Gasteiger partial charge is 0.337 e. The topological polar surface area (TPSA) is 42.1 Å². The van der Waals surface area contributed by atoms with Gasteiger partial charge in [-0.15, -0.1) is 0 Å². The first-order valence-corrected chi connectivity index (χ1v) is 6.85. The van der Waals surface area contributed by atoms with E-state index in [4.69, 9.17) is 0 Å². The first kappa shape index (κ1) is 14.7. The summed E-state index contributed by atoms with van der Waals surface area (Å²) in [5.74, 6) is 2.16. The molecule has 0 amide bonds. The molecule has 110 valence electrons. The Bertz CT molecular complexity index is 485. The van der Waals surface area contributed by atoms with Crippen LogP contribution in [0.3, 0.4) is 0 Å². The lowest BCUT2D eigenvalue weighted by atomic mass is 10.4. The van der Waals surface area contributed by atoms with Crippen LogP contribution in [0.2, 0.25) is 0 Å². The predicted octanol–water partition coefficient (Wildman–Crippen LogP) is 0.717. The van der Waals surface area contributed by atoms with E-state index in [1.807, 2.05) is 38.9 Å². The minimum absolute atomic E-state index is 0.837. The molecule has 0 aliphatic carbocycles. The van der Waals surface area contributed by atoms with Crippen LogP contribution >= 0.6 is 0 Å². The van der Waals surface area contributed by atoms with Crippen LogP contribution in [0.4, 0.5) is 0 Å². The summed E-state index contributed by atoms with van der Waals surface area (Å²) in [4.78, 5) is 13.4. The van der Waals surface area contributed by atoms with Crippen molar-refractivity contribution in [2.45, 2.75) is 13.1 Å². The number of likely N-dealkylation sites (N-methyl/N-ethyl adjacent to an activating group) is 1. The number of imidazole rings is 2. The molecule has 0 bridgehead atoms. The van der Waals surface area contributed by atoms with E-state index in [1.54, 1.807) is 0 Å². The quantitative estimate of drug-likeness (QED) is 0.747. The molecule has 2 heterocycles. The van der Waals surface area contributed by atoms with Gasteiger partial charge in [-0.3, -0.25) is 4.90 Å². The van der Waals surface area contributed by atoms with Gasteiger partial charge in [-0.1, -0.05) is 0 Å². The Hall–Kier alpha value is -1.66. The first-order valence-electron chi connectivity index (χ1n) is 6.85. The summed E-state index contributed by atoms with van der Waals surface area (Å²) < 4.78 is 4.14. The maximum absolute atomic E-state index is 4.41. The Labute approximate surface area is 120 Å². The third-order valence-electron chi connectivity index (χ3n) is 3.44. The van der Waals surface area contributed by atoms with Gasteiger partial charge in [0.1, 0.15) is 11.6 Å². The zero-order chi connectivity index (χ0) is 14.5. The van der Waals surface area contributed by atoms with Gasteiger partial charge in [0.25, 0.3) is 0 Å². The molecule has 0 aliphatic rings. The summed E-state index contributed by atoms with van der Waals surface area (Å²) in [7, 11) is 8.26. The van der Waals surface area contributed by atoms with Crippen molar-refractivity contribution in [3.63, 3.8) is 0 Å². The monoisotopic (exact) mass is 276 g/mol. The van der Waals surface area contributed by atoms with Gasteiger partial charge in [-0.25, -0.2) is 9.97 Å². The minimum atomic E-state index is 0.837. The average Bonchev–Trinajstić information content (AvgIpc) is 2.97. The van der Waals surface area contributed by atoms with Crippen LogP contribution in [0.5, 0.6) is 0 Å². The van der Waals surface area contributed by atoms with Crippen LogP contribution < -0.4 is 0 Å². The molecule has 2 rings (SSSR count). The molecule has 0 aromatic carbocycles. The van der Waals surface area contributed by atoms with Gasteiger partial charge in [0.15, 0.2) is 0 Å². The van der Waals surface area contributed by atoms with Gasteiger partial charge < -0.3 is 14.0 Å². The number of aryl methyl sites for hydroxylation is 2. The van der Waals surface area contributed by atoms with E-state index in [-0.39, 0.29) is 0 Å². The summed E-state index contributed by atoms with van der Waals surface area (Å²) in [6.45, 7) is 3.69. The highest BCUT2D eigenvalue weighted by molar-refractivity contribution is 4.94. The van der Waals surface area contributed by atoms with Crippen molar-refractivity contribution in [1.29, 1.82) is 0 Å². The van der Waals surface area contributed by atoms with E-state index < -0.39 is 0 Å². The van der Waals surface area contributed by atoms with Crippen LogP contribution in [-0.2, 0) is 27.2 Å². The van der Waals surface area contributed by atoms with Gasteiger partial charge in [0, 0.05) is 52.0 Å². The average molecular weight is 276 g/mol. The highest BCUT2D eigenvalue weighted by atomic mass is 15.2. The first-order chi connectivity index (χ1) is 9.56. The molecule has 2 aromatic rings. The molecule has 0 saturated carbocycles. The molecular weight excluding hydrogens is 252 g/mol. The molecule has 0 spiro atoms. The van der Waals surface area contributed by atoms with Crippen molar-refractivity contribution < 1.29 is 0 Å². The Morgan fingerprint density at radius 2 is 1.40 bits per heavy atom. The molecule has 0 unspecified atom stereocenters. The van der Waals surface area contributed by atoms with E-state index >= 15 is 0 Å². The summed E-state index contributed by atoms with van der Waals surface area (Å²) in [5.41, 5.74) is 0. The Kier molecular flexibility index (Phi) is 4.92. The zero-order valence-electron chi connectivity index (χ0n) is 12.8. The number of hydrogen-bond donors (Lipinski definition) is 0. The van der Waals surface area contributed by atoms with Crippen molar-refractivity contribution in [1.82, 2.24) is 28.9 Å². The second-order valence-electron chi connectivity index (χ2n) is 5.42. The van der Waals surface area contributed by atoms with Crippen molar-refractivity contribution in [3.05, 3.63) is 36.4 Å².